The van der Waals surface area contributed by atoms with Crippen molar-refractivity contribution in [2.24, 2.45) is 10.7 Å². The first-order valence-electron chi connectivity index (χ1n) is 9.16. The lowest BCUT2D eigenvalue weighted by Gasteiger charge is -2.14. The van der Waals surface area contributed by atoms with Crippen LogP contribution in [0, 0.1) is 6.92 Å². The molecular formula is C21H28IN5O2S. The number of hydrogen-bond donors (Lipinski definition) is 4. The van der Waals surface area contributed by atoms with E-state index >= 15 is 0 Å². The summed E-state index contributed by atoms with van der Waals surface area (Å²) in [6.45, 7) is 3.15. The summed E-state index contributed by atoms with van der Waals surface area (Å²) in [5, 5.41) is 9.05. The maximum Gasteiger partial charge on any atom is 0.251 e. The van der Waals surface area contributed by atoms with Crippen LogP contribution >= 0.6 is 35.7 Å². The van der Waals surface area contributed by atoms with Crippen LogP contribution in [0.15, 0.2) is 52.4 Å². The zero-order valence-electron chi connectivity index (χ0n) is 17.3. The van der Waals surface area contributed by atoms with Crippen molar-refractivity contribution in [3.05, 3.63) is 64.7 Å². The van der Waals surface area contributed by atoms with Gasteiger partial charge in [-0.25, -0.2) is 0 Å². The molecule has 0 aromatic heterocycles. The minimum Gasteiger partial charge on any atom is -0.368 e. The Labute approximate surface area is 198 Å². The highest BCUT2D eigenvalue weighted by molar-refractivity contribution is 14.0. The Morgan fingerprint density at radius 3 is 2.30 bits per heavy atom. The maximum absolute atomic E-state index is 11.9. The van der Waals surface area contributed by atoms with Crippen LogP contribution in [0.25, 0.3) is 0 Å². The second-order valence-corrected chi connectivity index (χ2v) is 7.29. The van der Waals surface area contributed by atoms with Crippen molar-refractivity contribution < 1.29 is 9.59 Å². The summed E-state index contributed by atoms with van der Waals surface area (Å²) in [6, 6.07) is 13.5. The second-order valence-electron chi connectivity index (χ2n) is 6.44. The van der Waals surface area contributed by atoms with Crippen molar-refractivity contribution in [2.45, 2.75) is 24.9 Å². The minimum absolute atomic E-state index is 0. The summed E-state index contributed by atoms with van der Waals surface area (Å²) in [6.07, 6.45) is 2.07. The number of benzene rings is 2. The smallest absolute Gasteiger partial charge is 0.251 e. The molecule has 2 rings (SSSR count). The molecule has 9 heteroatoms. The molecule has 2 aromatic carbocycles. The normalized spacial score (nSPS) is 10.7. The minimum atomic E-state index is -0.576. The molecule has 0 heterocycles. The molecule has 30 heavy (non-hydrogen) atoms. The highest BCUT2D eigenvalue weighted by Gasteiger charge is 2.07. The van der Waals surface area contributed by atoms with E-state index in [2.05, 4.69) is 52.3 Å². The number of carbonyl (C=O) groups excluding carboxylic acids is 2. The van der Waals surface area contributed by atoms with E-state index in [4.69, 9.17) is 5.73 Å². The molecule has 0 aliphatic rings. The van der Waals surface area contributed by atoms with E-state index in [9.17, 15) is 9.59 Å². The number of aliphatic imine (C=N–C) groups is 1. The first-order valence-corrected chi connectivity index (χ1v) is 10.4. The van der Waals surface area contributed by atoms with Gasteiger partial charge in [0.1, 0.15) is 0 Å². The summed E-state index contributed by atoms with van der Waals surface area (Å²) in [5.41, 5.74) is 8.96. The first kappa shape index (κ1) is 25.8. The van der Waals surface area contributed by atoms with Gasteiger partial charge in [-0.2, -0.15) is 0 Å². The average molecular weight is 541 g/mol. The zero-order chi connectivity index (χ0) is 21.2. The van der Waals surface area contributed by atoms with Gasteiger partial charge in [0.15, 0.2) is 5.96 Å². The van der Waals surface area contributed by atoms with E-state index in [0.717, 1.165) is 5.56 Å². The fourth-order valence-electron chi connectivity index (χ4n) is 2.63. The summed E-state index contributed by atoms with van der Waals surface area (Å²) in [5.74, 6) is -0.210. The molecule has 162 valence electrons. The van der Waals surface area contributed by atoms with E-state index in [1.54, 1.807) is 30.9 Å². The number of amides is 2. The Bertz CT molecular complexity index is 887. The van der Waals surface area contributed by atoms with Crippen molar-refractivity contribution in [1.82, 2.24) is 16.0 Å². The van der Waals surface area contributed by atoms with Crippen molar-refractivity contribution in [3.63, 3.8) is 0 Å². The molecule has 0 fully saturated rings. The van der Waals surface area contributed by atoms with Gasteiger partial charge < -0.3 is 21.7 Å². The topological polar surface area (TPSA) is 109 Å². The Balaban J connectivity index is 0.00000450. The molecule has 0 saturated carbocycles. The number of nitrogens with two attached hydrogens (primary N) is 1. The quantitative estimate of drug-likeness (QED) is 0.178. The molecule has 5 N–H and O–H groups in total. The number of aryl methyl sites for hydroxylation is 1. The van der Waals surface area contributed by atoms with Crippen molar-refractivity contribution in [1.29, 1.82) is 0 Å². The highest BCUT2D eigenvalue weighted by atomic mass is 127. The van der Waals surface area contributed by atoms with Gasteiger partial charge in [-0.05, 0) is 48.1 Å². The lowest BCUT2D eigenvalue weighted by atomic mass is 10.1. The fourth-order valence-corrected chi connectivity index (χ4v) is 3.33. The third-order valence-corrected chi connectivity index (χ3v) is 5.03. The Hall–Kier alpha value is -2.27. The Morgan fingerprint density at radius 1 is 1.03 bits per heavy atom. The monoisotopic (exact) mass is 541 g/mol. The van der Waals surface area contributed by atoms with Crippen molar-refractivity contribution in [2.75, 3.05) is 19.8 Å². The number of guanidine groups is 1. The van der Waals surface area contributed by atoms with E-state index in [-0.39, 0.29) is 36.4 Å². The molecule has 0 atom stereocenters. The number of rotatable bonds is 8. The van der Waals surface area contributed by atoms with Crippen LogP contribution in [-0.2, 0) is 17.9 Å². The van der Waals surface area contributed by atoms with Crippen molar-refractivity contribution >= 4 is 53.5 Å². The molecule has 0 aliphatic carbocycles. The van der Waals surface area contributed by atoms with Crippen LogP contribution in [0.2, 0.25) is 0 Å². The third-order valence-electron chi connectivity index (χ3n) is 4.21. The number of hydrogen-bond acceptors (Lipinski definition) is 4. The largest absolute Gasteiger partial charge is 0.368 e. The number of halogens is 1. The Kier molecular flexibility index (Phi) is 11.3. The van der Waals surface area contributed by atoms with Crippen LogP contribution in [0.4, 0.5) is 0 Å². The molecule has 2 amide bonds. The van der Waals surface area contributed by atoms with Crippen LogP contribution in [0.3, 0.4) is 0 Å². The fraction of sp³-hybridized carbons (Fsp3) is 0.286. The SMILES string of the molecule is CN=C(NCc1ccc(C(=O)NCC(N)=O)cc1)NCc1ccc(C)cc1SC.I. The van der Waals surface area contributed by atoms with Crippen LogP contribution in [0.5, 0.6) is 0 Å². The summed E-state index contributed by atoms with van der Waals surface area (Å²) in [7, 11) is 1.73. The molecule has 0 unspecified atom stereocenters. The number of carbonyl (C=O) groups is 2. The molecule has 0 saturated heterocycles. The van der Waals surface area contributed by atoms with Gasteiger partial charge in [-0.3, -0.25) is 14.6 Å². The summed E-state index contributed by atoms with van der Waals surface area (Å²) >= 11 is 1.73. The van der Waals surface area contributed by atoms with Crippen LogP contribution in [-0.4, -0.2) is 37.6 Å². The van der Waals surface area contributed by atoms with E-state index in [0.29, 0.717) is 24.6 Å². The molecule has 0 radical (unpaired) electrons. The molecule has 0 bridgehead atoms. The standard InChI is InChI=1S/C21H27N5O2S.HI/c1-14-4-7-17(18(10-14)29-3)12-26-21(23-2)25-11-15-5-8-16(9-6-15)20(28)24-13-19(22)27;/h4-10H,11-13H2,1-3H3,(H2,22,27)(H,24,28)(H2,23,25,26);1H. The number of nitrogens with one attached hydrogen (secondary N) is 3. The van der Waals surface area contributed by atoms with E-state index in [1.165, 1.54) is 16.0 Å². The van der Waals surface area contributed by atoms with Crippen molar-refractivity contribution in [3.8, 4) is 0 Å². The van der Waals surface area contributed by atoms with Gasteiger partial charge in [-0.15, -0.1) is 35.7 Å². The predicted molar refractivity (Wildman–Crippen MR) is 133 cm³/mol. The summed E-state index contributed by atoms with van der Waals surface area (Å²) in [4.78, 5) is 28.1. The average Bonchev–Trinajstić information content (AvgIpc) is 2.73. The molecule has 0 aliphatic heterocycles. The Morgan fingerprint density at radius 2 is 1.70 bits per heavy atom. The number of primary amides is 1. The number of thioether (sulfide) groups is 1. The predicted octanol–water partition coefficient (Wildman–Crippen LogP) is 2.42. The first-order chi connectivity index (χ1) is 13.9. The van der Waals surface area contributed by atoms with Gasteiger partial charge in [-0.1, -0.05) is 24.3 Å². The molecule has 2 aromatic rings. The van der Waals surface area contributed by atoms with Crippen LogP contribution < -0.4 is 21.7 Å². The van der Waals surface area contributed by atoms with E-state index < -0.39 is 5.91 Å². The lowest BCUT2D eigenvalue weighted by molar-refractivity contribution is -0.117. The number of nitrogens with zero attached hydrogens (tertiary/aromatic N) is 1. The lowest BCUT2D eigenvalue weighted by Crippen LogP contribution is -2.36. The molecule has 7 nitrogen and oxygen atoms in total. The van der Waals surface area contributed by atoms with Gasteiger partial charge in [0, 0.05) is 30.6 Å². The molecule has 0 spiro atoms. The van der Waals surface area contributed by atoms with E-state index in [1.807, 2.05) is 12.1 Å². The molecular weight excluding hydrogens is 513 g/mol. The van der Waals surface area contributed by atoms with Gasteiger partial charge >= 0.3 is 0 Å². The second kappa shape index (κ2) is 13.1. The summed E-state index contributed by atoms with van der Waals surface area (Å²) < 4.78 is 0. The third kappa shape index (κ3) is 8.23. The van der Waals surface area contributed by atoms with Gasteiger partial charge in [0.2, 0.25) is 5.91 Å². The highest BCUT2D eigenvalue weighted by Crippen LogP contribution is 2.21. The van der Waals surface area contributed by atoms with Gasteiger partial charge in [0.25, 0.3) is 5.91 Å². The van der Waals surface area contributed by atoms with Gasteiger partial charge in [0.05, 0.1) is 6.54 Å². The van der Waals surface area contributed by atoms with Crippen LogP contribution in [0.1, 0.15) is 27.0 Å². The zero-order valence-corrected chi connectivity index (χ0v) is 20.5. The maximum atomic E-state index is 11.9.